The van der Waals surface area contributed by atoms with Gasteiger partial charge in [0, 0.05) is 18.6 Å². The number of likely N-dealkylation sites (N-methyl/N-ethyl adjacent to an activating group) is 2. The molecule has 3 atom stereocenters. The lowest BCUT2D eigenvalue weighted by Crippen LogP contribution is -2.47. The van der Waals surface area contributed by atoms with Crippen LogP contribution in [0.5, 0.6) is 0 Å². The van der Waals surface area contributed by atoms with Crippen LogP contribution >= 0.6 is 0 Å². The first kappa shape index (κ1) is 14.1. The van der Waals surface area contributed by atoms with Gasteiger partial charge >= 0.3 is 0 Å². The third-order valence-electron chi connectivity index (χ3n) is 5.22. The fourth-order valence-electron chi connectivity index (χ4n) is 3.91. The highest BCUT2D eigenvalue weighted by Crippen LogP contribution is 2.41. The zero-order chi connectivity index (χ0) is 14.1. The second-order valence-corrected chi connectivity index (χ2v) is 6.63. The fourth-order valence-corrected chi connectivity index (χ4v) is 3.91. The Bertz CT molecular complexity index is 452. The number of nitrogens with one attached hydrogen (secondary N) is 1. The minimum atomic E-state index is 0.487. The van der Waals surface area contributed by atoms with Gasteiger partial charge in [0.1, 0.15) is 0 Å². The molecule has 20 heavy (non-hydrogen) atoms. The van der Waals surface area contributed by atoms with Crippen molar-refractivity contribution >= 4 is 0 Å². The Morgan fingerprint density at radius 1 is 1.20 bits per heavy atom. The predicted octanol–water partition coefficient (Wildman–Crippen LogP) is 3.55. The molecule has 1 aromatic carbocycles. The molecule has 1 saturated carbocycles. The van der Waals surface area contributed by atoms with Crippen molar-refractivity contribution < 1.29 is 0 Å². The third kappa shape index (κ3) is 2.64. The summed E-state index contributed by atoms with van der Waals surface area (Å²) in [5, 5.41) is 3.60. The molecule has 1 fully saturated rings. The molecule has 0 saturated heterocycles. The molecule has 0 spiro atoms. The normalized spacial score (nSPS) is 29.5. The van der Waals surface area contributed by atoms with Crippen LogP contribution in [-0.4, -0.2) is 31.1 Å². The lowest BCUT2D eigenvalue weighted by molar-refractivity contribution is 0.137. The van der Waals surface area contributed by atoms with Crippen molar-refractivity contribution in [3.63, 3.8) is 0 Å². The molecule has 2 aliphatic rings. The van der Waals surface area contributed by atoms with Gasteiger partial charge in [0.15, 0.2) is 0 Å². The van der Waals surface area contributed by atoms with Gasteiger partial charge in [-0.25, -0.2) is 0 Å². The van der Waals surface area contributed by atoms with Crippen molar-refractivity contribution in [3.05, 3.63) is 35.4 Å². The number of rotatable bonds is 5. The molecular weight excluding hydrogens is 244 g/mol. The van der Waals surface area contributed by atoms with Crippen LogP contribution < -0.4 is 5.32 Å². The van der Waals surface area contributed by atoms with Crippen molar-refractivity contribution in [1.29, 1.82) is 0 Å². The summed E-state index contributed by atoms with van der Waals surface area (Å²) in [5.41, 5.74) is 3.07. The van der Waals surface area contributed by atoms with Crippen LogP contribution in [0.1, 0.15) is 56.2 Å². The van der Waals surface area contributed by atoms with E-state index in [1.165, 1.54) is 37.9 Å². The van der Waals surface area contributed by atoms with Gasteiger partial charge in [-0.1, -0.05) is 38.1 Å². The van der Waals surface area contributed by atoms with E-state index in [1.807, 2.05) is 0 Å². The molecule has 3 unspecified atom stereocenters. The van der Waals surface area contributed by atoms with E-state index < -0.39 is 0 Å². The largest absolute Gasteiger partial charge is 0.312 e. The van der Waals surface area contributed by atoms with E-state index in [0.717, 1.165) is 5.92 Å². The SMILES string of the molecule is CCN(CC1CC1)C1CC(C)c2ccccc2C1NC. The minimum Gasteiger partial charge on any atom is -0.312 e. The van der Waals surface area contributed by atoms with Crippen molar-refractivity contribution in [2.75, 3.05) is 20.1 Å². The van der Waals surface area contributed by atoms with Crippen LogP contribution in [0.15, 0.2) is 24.3 Å². The van der Waals surface area contributed by atoms with Crippen molar-refractivity contribution in [2.45, 2.75) is 51.1 Å². The Balaban J connectivity index is 1.87. The van der Waals surface area contributed by atoms with E-state index in [4.69, 9.17) is 0 Å². The van der Waals surface area contributed by atoms with Gasteiger partial charge in [-0.3, -0.25) is 4.90 Å². The molecule has 0 amide bonds. The first-order chi connectivity index (χ1) is 9.74. The summed E-state index contributed by atoms with van der Waals surface area (Å²) < 4.78 is 0. The Hall–Kier alpha value is -0.860. The molecule has 2 heteroatoms. The first-order valence-electron chi connectivity index (χ1n) is 8.24. The Kier molecular flexibility index (Phi) is 4.13. The van der Waals surface area contributed by atoms with E-state index in [2.05, 4.69) is 55.4 Å². The molecule has 110 valence electrons. The summed E-state index contributed by atoms with van der Waals surface area (Å²) >= 11 is 0. The van der Waals surface area contributed by atoms with Gasteiger partial charge in [-0.05, 0) is 55.8 Å². The lowest BCUT2D eigenvalue weighted by atomic mass is 9.77. The summed E-state index contributed by atoms with van der Waals surface area (Å²) in [6, 6.07) is 10.2. The topological polar surface area (TPSA) is 15.3 Å². The van der Waals surface area contributed by atoms with Crippen molar-refractivity contribution in [3.8, 4) is 0 Å². The molecule has 2 aliphatic carbocycles. The lowest BCUT2D eigenvalue weighted by Gasteiger charge is -2.43. The molecule has 0 radical (unpaired) electrons. The van der Waals surface area contributed by atoms with Gasteiger partial charge in [0.25, 0.3) is 0 Å². The van der Waals surface area contributed by atoms with E-state index in [9.17, 15) is 0 Å². The second kappa shape index (κ2) is 5.87. The van der Waals surface area contributed by atoms with Crippen LogP contribution in [0.3, 0.4) is 0 Å². The van der Waals surface area contributed by atoms with Crippen LogP contribution in [0.25, 0.3) is 0 Å². The average Bonchev–Trinajstić information content (AvgIpc) is 3.29. The summed E-state index contributed by atoms with van der Waals surface area (Å²) in [6.07, 6.45) is 4.17. The molecule has 0 aliphatic heterocycles. The van der Waals surface area contributed by atoms with Gasteiger partial charge in [-0.2, -0.15) is 0 Å². The van der Waals surface area contributed by atoms with Gasteiger partial charge in [0.05, 0.1) is 0 Å². The minimum absolute atomic E-state index is 0.487. The molecule has 1 N–H and O–H groups in total. The summed E-state index contributed by atoms with van der Waals surface area (Å²) in [5.74, 6) is 1.65. The average molecular weight is 272 g/mol. The first-order valence-corrected chi connectivity index (χ1v) is 8.24. The summed E-state index contributed by atoms with van der Waals surface area (Å²) in [6.45, 7) is 7.19. The molecule has 1 aromatic rings. The molecule has 2 nitrogen and oxygen atoms in total. The number of hydrogen-bond acceptors (Lipinski definition) is 2. The number of fused-ring (bicyclic) bond motifs is 1. The summed E-state index contributed by atoms with van der Waals surface area (Å²) in [7, 11) is 2.12. The van der Waals surface area contributed by atoms with Crippen LogP contribution in [0, 0.1) is 5.92 Å². The second-order valence-electron chi connectivity index (χ2n) is 6.63. The highest BCUT2D eigenvalue weighted by atomic mass is 15.2. The van der Waals surface area contributed by atoms with E-state index in [1.54, 1.807) is 5.56 Å². The van der Waals surface area contributed by atoms with Gasteiger partial charge < -0.3 is 5.32 Å². The van der Waals surface area contributed by atoms with Gasteiger partial charge in [0.2, 0.25) is 0 Å². The van der Waals surface area contributed by atoms with E-state index in [-0.39, 0.29) is 0 Å². The maximum Gasteiger partial charge on any atom is 0.0478 e. The number of nitrogens with zero attached hydrogens (tertiary/aromatic N) is 1. The van der Waals surface area contributed by atoms with E-state index in [0.29, 0.717) is 18.0 Å². The maximum absolute atomic E-state index is 3.60. The summed E-state index contributed by atoms with van der Waals surface area (Å²) in [4.78, 5) is 2.73. The van der Waals surface area contributed by atoms with Crippen LogP contribution in [-0.2, 0) is 0 Å². The predicted molar refractivity (Wildman–Crippen MR) is 85.0 cm³/mol. The van der Waals surface area contributed by atoms with Crippen molar-refractivity contribution in [2.24, 2.45) is 5.92 Å². The van der Waals surface area contributed by atoms with Gasteiger partial charge in [-0.15, -0.1) is 0 Å². The standard InChI is InChI=1S/C18H28N2/c1-4-20(12-14-9-10-14)17-11-13(2)15-7-5-6-8-16(15)18(17)19-3/h5-8,13-14,17-19H,4,9-12H2,1-3H3. The number of benzene rings is 1. The number of hydrogen-bond donors (Lipinski definition) is 1. The molecule has 3 rings (SSSR count). The smallest absolute Gasteiger partial charge is 0.0478 e. The Labute approximate surface area is 123 Å². The third-order valence-corrected chi connectivity index (χ3v) is 5.22. The van der Waals surface area contributed by atoms with E-state index >= 15 is 0 Å². The maximum atomic E-state index is 3.60. The molecule has 0 heterocycles. The Morgan fingerprint density at radius 3 is 2.50 bits per heavy atom. The highest BCUT2D eigenvalue weighted by Gasteiger charge is 2.37. The zero-order valence-electron chi connectivity index (χ0n) is 13.1. The fraction of sp³-hybridized carbons (Fsp3) is 0.667. The Morgan fingerprint density at radius 2 is 1.90 bits per heavy atom. The molecule has 0 aromatic heterocycles. The highest BCUT2D eigenvalue weighted by molar-refractivity contribution is 5.36. The van der Waals surface area contributed by atoms with Crippen molar-refractivity contribution in [1.82, 2.24) is 10.2 Å². The molecule has 0 bridgehead atoms. The van der Waals surface area contributed by atoms with Crippen LogP contribution in [0.2, 0.25) is 0 Å². The zero-order valence-corrected chi connectivity index (χ0v) is 13.1. The molecular formula is C18H28N2. The monoisotopic (exact) mass is 272 g/mol. The van der Waals surface area contributed by atoms with Crippen LogP contribution in [0.4, 0.5) is 0 Å². The quantitative estimate of drug-likeness (QED) is 0.882.